The molecule has 0 spiro atoms. The van der Waals surface area contributed by atoms with E-state index in [1.165, 1.54) is 38.3 Å². The van der Waals surface area contributed by atoms with Crippen molar-refractivity contribution in [2.24, 2.45) is 0 Å². The van der Waals surface area contributed by atoms with Crippen molar-refractivity contribution in [2.75, 3.05) is 6.54 Å². The molecule has 0 saturated heterocycles. The van der Waals surface area contributed by atoms with Crippen LogP contribution < -0.4 is 0 Å². The van der Waals surface area contributed by atoms with E-state index in [9.17, 15) is 0 Å². The molecule has 0 aromatic carbocycles. The summed E-state index contributed by atoms with van der Waals surface area (Å²) in [6.07, 6.45) is 5.52. The second-order valence-electron chi connectivity index (χ2n) is 10.6. The van der Waals surface area contributed by atoms with Gasteiger partial charge in [-0.3, -0.25) is 0 Å². The second-order valence-corrected chi connectivity index (χ2v) is 29.9. The van der Waals surface area contributed by atoms with Crippen molar-refractivity contribution >= 4 is 33.1 Å². The fourth-order valence-corrected chi connectivity index (χ4v) is 21.6. The molecule has 0 N–H and O–H groups in total. The smallest absolute Gasteiger partial charge is 0.173 e. The molecule has 0 saturated carbocycles. The van der Waals surface area contributed by atoms with E-state index in [1.54, 1.807) is 0 Å². The second kappa shape index (κ2) is 8.94. The topological polar surface area (TPSA) is 12.5 Å². The number of hydrogen-bond acceptors (Lipinski definition) is 2. The molecular weight excluding hydrogens is 347 g/mol. The maximum absolute atomic E-state index is 6.44. The molecule has 0 aliphatic carbocycles. The van der Waals surface area contributed by atoms with Crippen molar-refractivity contribution in [3.05, 3.63) is 0 Å². The van der Waals surface area contributed by atoms with Gasteiger partial charge in [-0.15, -0.1) is 0 Å². The summed E-state index contributed by atoms with van der Waals surface area (Å²) in [7, 11) is -5.10. The lowest BCUT2D eigenvalue weighted by Crippen LogP contribution is -2.59. The van der Waals surface area contributed by atoms with Crippen molar-refractivity contribution in [1.29, 1.82) is 0 Å². The van der Waals surface area contributed by atoms with Gasteiger partial charge in [0.05, 0.1) is 0 Å². The third-order valence-corrected chi connectivity index (χ3v) is 18.0. The average Bonchev–Trinajstić information content (AvgIpc) is 2.20. The summed E-state index contributed by atoms with van der Waals surface area (Å²) >= 11 is 0. The molecule has 0 aromatic heterocycles. The highest BCUT2D eigenvalue weighted by Gasteiger charge is 2.33. The standard InChI is InChI=1S/C17H45NOSi4/c1-20(2,3)18(21(4,5)6)16-14-12-13-15-17-23(10,11)19-22(7,8)9/h12-17H2,1-11H3. The van der Waals surface area contributed by atoms with Crippen molar-refractivity contribution in [3.8, 4) is 0 Å². The van der Waals surface area contributed by atoms with Gasteiger partial charge in [0.15, 0.2) is 16.6 Å². The summed E-state index contributed by atoms with van der Waals surface area (Å²) in [6, 6.07) is 1.34. The van der Waals surface area contributed by atoms with Gasteiger partial charge in [0.2, 0.25) is 0 Å². The fraction of sp³-hybridized carbons (Fsp3) is 1.00. The largest absolute Gasteiger partial charge is 0.456 e. The molecule has 140 valence electrons. The maximum atomic E-state index is 6.44. The fourth-order valence-electron chi connectivity index (χ4n) is 3.73. The number of rotatable bonds is 11. The molecule has 0 aromatic rings. The zero-order valence-electron chi connectivity index (χ0n) is 18.1. The van der Waals surface area contributed by atoms with Gasteiger partial charge < -0.3 is 8.35 Å². The Morgan fingerprint density at radius 1 is 0.609 bits per heavy atom. The molecule has 0 rings (SSSR count). The average molecular weight is 392 g/mol. The van der Waals surface area contributed by atoms with Crippen LogP contribution in [0.25, 0.3) is 0 Å². The van der Waals surface area contributed by atoms with E-state index < -0.39 is 33.1 Å². The van der Waals surface area contributed by atoms with E-state index in [1.807, 2.05) is 0 Å². The SMILES string of the molecule is C[Si](C)(C)O[Si](C)(C)CCCCCCN([Si](C)(C)C)[Si](C)(C)C. The predicted octanol–water partition coefficient (Wildman–Crippen LogP) is 6.58. The molecule has 23 heavy (non-hydrogen) atoms. The first kappa shape index (κ1) is 23.8. The molecule has 2 nitrogen and oxygen atoms in total. The molecule has 0 fully saturated rings. The quantitative estimate of drug-likeness (QED) is 0.291. The van der Waals surface area contributed by atoms with Crippen LogP contribution in [0.5, 0.6) is 0 Å². The van der Waals surface area contributed by atoms with Crippen LogP contribution in [0.15, 0.2) is 0 Å². The highest BCUT2D eigenvalue weighted by atomic mass is 28.4. The highest BCUT2D eigenvalue weighted by Crippen LogP contribution is 2.23. The minimum Gasteiger partial charge on any atom is -0.456 e. The van der Waals surface area contributed by atoms with Gasteiger partial charge in [0.1, 0.15) is 16.5 Å². The van der Waals surface area contributed by atoms with Gasteiger partial charge in [0.25, 0.3) is 0 Å². The molecule has 6 heteroatoms. The lowest BCUT2D eigenvalue weighted by Gasteiger charge is -2.43. The first-order chi connectivity index (χ1) is 10.0. The highest BCUT2D eigenvalue weighted by molar-refractivity contribution is 6.89. The molecule has 0 radical (unpaired) electrons. The van der Waals surface area contributed by atoms with Gasteiger partial charge in [-0.25, -0.2) is 0 Å². The Labute approximate surface area is 151 Å². The molecule has 0 unspecified atom stereocenters. The number of nitrogens with zero attached hydrogens (tertiary/aromatic N) is 1. The van der Waals surface area contributed by atoms with Crippen LogP contribution in [0.3, 0.4) is 0 Å². The molecule has 0 aliphatic rings. The first-order valence-corrected chi connectivity index (χ1v) is 22.9. The minimum absolute atomic E-state index is 1.16. The van der Waals surface area contributed by atoms with E-state index in [-0.39, 0.29) is 0 Å². The van der Waals surface area contributed by atoms with E-state index in [2.05, 4.69) is 76.2 Å². The number of unbranched alkanes of at least 4 members (excludes halogenated alkanes) is 3. The van der Waals surface area contributed by atoms with Gasteiger partial charge >= 0.3 is 0 Å². The Morgan fingerprint density at radius 3 is 1.43 bits per heavy atom. The van der Waals surface area contributed by atoms with Crippen LogP contribution in [0, 0.1) is 0 Å². The zero-order valence-corrected chi connectivity index (χ0v) is 22.1. The molecule has 0 bridgehead atoms. The van der Waals surface area contributed by atoms with Gasteiger partial charge in [-0.05, 0) is 51.7 Å². The van der Waals surface area contributed by atoms with Crippen LogP contribution in [0.1, 0.15) is 25.7 Å². The molecule has 0 heterocycles. The van der Waals surface area contributed by atoms with Crippen molar-refractivity contribution in [3.63, 3.8) is 0 Å². The third-order valence-electron chi connectivity index (χ3n) is 4.11. The maximum Gasteiger partial charge on any atom is 0.173 e. The Hall–Kier alpha value is 0.788. The van der Waals surface area contributed by atoms with Crippen LogP contribution in [0.4, 0.5) is 0 Å². The molecular formula is C17H45NOSi4. The molecule has 0 atom stereocenters. The summed E-state index contributed by atoms with van der Waals surface area (Å²) in [5.74, 6) is 0. The van der Waals surface area contributed by atoms with Gasteiger partial charge in [-0.1, -0.05) is 58.5 Å². The predicted molar refractivity (Wildman–Crippen MR) is 119 cm³/mol. The zero-order chi connectivity index (χ0) is 18.5. The Kier molecular flexibility index (Phi) is 9.24. The minimum atomic E-state index is -1.42. The monoisotopic (exact) mass is 391 g/mol. The van der Waals surface area contributed by atoms with Crippen LogP contribution in [0.2, 0.25) is 78.1 Å². The van der Waals surface area contributed by atoms with E-state index >= 15 is 0 Å². The molecule has 0 amide bonds. The Balaban J connectivity index is 4.09. The lowest BCUT2D eigenvalue weighted by atomic mass is 10.2. The van der Waals surface area contributed by atoms with Crippen LogP contribution in [-0.4, -0.2) is 43.9 Å². The van der Waals surface area contributed by atoms with Crippen molar-refractivity contribution in [1.82, 2.24) is 4.23 Å². The van der Waals surface area contributed by atoms with Crippen LogP contribution >= 0.6 is 0 Å². The lowest BCUT2D eigenvalue weighted by molar-refractivity contribution is 0.526. The summed E-state index contributed by atoms with van der Waals surface area (Å²) in [5, 5.41) is 0. The van der Waals surface area contributed by atoms with Crippen molar-refractivity contribution < 1.29 is 4.12 Å². The third kappa shape index (κ3) is 11.9. The number of hydrogen-bond donors (Lipinski definition) is 0. The Morgan fingerprint density at radius 2 is 1.04 bits per heavy atom. The van der Waals surface area contributed by atoms with Gasteiger partial charge in [-0.2, -0.15) is 0 Å². The van der Waals surface area contributed by atoms with E-state index in [4.69, 9.17) is 4.12 Å². The van der Waals surface area contributed by atoms with Crippen LogP contribution in [-0.2, 0) is 4.12 Å². The summed E-state index contributed by atoms with van der Waals surface area (Å²) in [5.41, 5.74) is 0. The van der Waals surface area contributed by atoms with E-state index in [0.717, 1.165) is 0 Å². The Bertz CT molecular complexity index is 326. The van der Waals surface area contributed by atoms with E-state index in [0.29, 0.717) is 0 Å². The molecule has 0 aliphatic heterocycles. The summed E-state index contributed by atoms with van der Waals surface area (Å²) in [4.78, 5) is 0. The van der Waals surface area contributed by atoms with Gasteiger partial charge in [0, 0.05) is 0 Å². The first-order valence-electron chi connectivity index (χ1n) is 9.53. The summed E-state index contributed by atoms with van der Waals surface area (Å²) < 4.78 is 9.36. The van der Waals surface area contributed by atoms with Crippen molar-refractivity contribution in [2.45, 2.75) is 104 Å². The normalized spacial score (nSPS) is 14.6. The summed E-state index contributed by atoms with van der Waals surface area (Å²) in [6.45, 7) is 28.2.